The van der Waals surface area contributed by atoms with Crippen LogP contribution in [0.25, 0.3) is 5.69 Å². The number of nitrogens with one attached hydrogen (secondary N) is 2. The van der Waals surface area contributed by atoms with Crippen molar-refractivity contribution in [2.75, 3.05) is 6.54 Å². The van der Waals surface area contributed by atoms with Gasteiger partial charge in [-0.05, 0) is 31.0 Å². The van der Waals surface area contributed by atoms with Crippen LogP contribution in [0.15, 0.2) is 30.6 Å². The summed E-state index contributed by atoms with van der Waals surface area (Å²) in [6.07, 6.45) is 4.26. The maximum atomic E-state index is 14.2. The van der Waals surface area contributed by atoms with Crippen molar-refractivity contribution < 1.29 is 14.3 Å². The van der Waals surface area contributed by atoms with E-state index in [1.165, 1.54) is 6.07 Å². The van der Waals surface area contributed by atoms with Crippen LogP contribution in [0.5, 0.6) is 0 Å². The molecule has 0 saturated heterocycles. The second-order valence-electron chi connectivity index (χ2n) is 5.64. The lowest BCUT2D eigenvalue weighted by Crippen LogP contribution is -2.39. The van der Waals surface area contributed by atoms with Crippen LogP contribution in [-0.4, -0.2) is 33.3 Å². The summed E-state index contributed by atoms with van der Waals surface area (Å²) < 4.78 is 15.9. The molecule has 6 nitrogen and oxygen atoms in total. The first-order chi connectivity index (χ1) is 11.5. The number of aryl methyl sites for hydroxylation is 1. The van der Waals surface area contributed by atoms with Gasteiger partial charge in [-0.15, -0.1) is 0 Å². The van der Waals surface area contributed by atoms with Crippen LogP contribution in [0, 0.1) is 12.7 Å². The first kappa shape index (κ1) is 17.9. The Morgan fingerprint density at radius 1 is 1.42 bits per heavy atom. The Balaban J connectivity index is 1.89. The largest absolute Gasteiger partial charge is 0.391 e. The minimum atomic E-state index is -0.545. The van der Waals surface area contributed by atoms with Crippen LogP contribution in [0.4, 0.5) is 9.18 Å². The number of carbonyl (C=O) groups excluding carboxylic acids is 1. The smallest absolute Gasteiger partial charge is 0.315 e. The number of aromatic nitrogens is 2. The molecule has 130 valence electrons. The van der Waals surface area contributed by atoms with Gasteiger partial charge in [-0.2, -0.15) is 0 Å². The molecule has 0 aliphatic rings. The fourth-order valence-corrected chi connectivity index (χ4v) is 2.38. The lowest BCUT2D eigenvalue weighted by molar-refractivity contribution is 0.160. The first-order valence-electron chi connectivity index (χ1n) is 7.99. The summed E-state index contributed by atoms with van der Waals surface area (Å²) in [5, 5.41) is 14.8. The van der Waals surface area contributed by atoms with E-state index in [4.69, 9.17) is 0 Å². The molecule has 7 heteroatoms. The summed E-state index contributed by atoms with van der Waals surface area (Å²) in [7, 11) is 0. The van der Waals surface area contributed by atoms with Gasteiger partial charge in [0, 0.05) is 25.5 Å². The second kappa shape index (κ2) is 8.44. The topological polar surface area (TPSA) is 79.2 Å². The average molecular weight is 334 g/mol. The van der Waals surface area contributed by atoms with E-state index in [0.29, 0.717) is 23.5 Å². The summed E-state index contributed by atoms with van der Waals surface area (Å²) in [6.45, 7) is 4.17. The van der Waals surface area contributed by atoms with Crippen LogP contribution in [0.1, 0.15) is 31.2 Å². The number of amides is 2. The minimum absolute atomic E-state index is 0.201. The average Bonchev–Trinajstić information content (AvgIpc) is 2.97. The van der Waals surface area contributed by atoms with E-state index in [1.54, 1.807) is 36.0 Å². The molecule has 0 saturated carbocycles. The highest BCUT2D eigenvalue weighted by atomic mass is 19.1. The lowest BCUT2D eigenvalue weighted by Gasteiger charge is -2.12. The van der Waals surface area contributed by atoms with E-state index < -0.39 is 6.10 Å². The highest BCUT2D eigenvalue weighted by molar-refractivity contribution is 5.73. The number of nitrogens with zero attached hydrogens (tertiary/aromatic N) is 2. The Kier molecular flexibility index (Phi) is 6.31. The van der Waals surface area contributed by atoms with Crippen molar-refractivity contribution in [3.8, 4) is 5.69 Å². The third kappa shape index (κ3) is 4.79. The molecule has 1 aromatic carbocycles. The van der Waals surface area contributed by atoms with Gasteiger partial charge >= 0.3 is 6.03 Å². The Hall–Kier alpha value is -2.41. The van der Waals surface area contributed by atoms with Crippen LogP contribution < -0.4 is 10.6 Å². The third-order valence-corrected chi connectivity index (χ3v) is 3.67. The second-order valence-corrected chi connectivity index (χ2v) is 5.64. The molecule has 2 rings (SSSR count). The monoisotopic (exact) mass is 334 g/mol. The molecule has 0 radical (unpaired) electrons. The first-order valence-corrected chi connectivity index (χ1v) is 7.99. The Morgan fingerprint density at radius 3 is 2.83 bits per heavy atom. The number of urea groups is 1. The molecular weight excluding hydrogens is 311 g/mol. The lowest BCUT2D eigenvalue weighted by atomic mass is 10.2. The number of imidazole rings is 1. The molecule has 0 aliphatic heterocycles. The number of halogens is 1. The minimum Gasteiger partial charge on any atom is -0.391 e. The number of hydrogen-bond donors (Lipinski definition) is 3. The van der Waals surface area contributed by atoms with Gasteiger partial charge in [0.25, 0.3) is 0 Å². The van der Waals surface area contributed by atoms with Crippen LogP contribution in [-0.2, 0) is 6.54 Å². The van der Waals surface area contributed by atoms with Crippen molar-refractivity contribution >= 4 is 6.03 Å². The van der Waals surface area contributed by atoms with E-state index >= 15 is 0 Å². The molecule has 1 atom stereocenters. The summed E-state index contributed by atoms with van der Waals surface area (Å²) in [5.41, 5.74) is 1.07. The van der Waals surface area contributed by atoms with Gasteiger partial charge < -0.3 is 20.3 Å². The van der Waals surface area contributed by atoms with Crippen LogP contribution >= 0.6 is 0 Å². The van der Waals surface area contributed by atoms with E-state index in [1.807, 2.05) is 6.92 Å². The van der Waals surface area contributed by atoms with E-state index in [9.17, 15) is 14.3 Å². The molecule has 0 spiro atoms. The number of aliphatic hydroxyl groups is 1. The van der Waals surface area contributed by atoms with Crippen LogP contribution in [0.2, 0.25) is 0 Å². The zero-order chi connectivity index (χ0) is 17.5. The maximum Gasteiger partial charge on any atom is 0.315 e. The standard InChI is InChI=1S/C17H23FN4O2/c1-3-4-14(23)11-21-17(24)20-10-13-5-6-16(15(18)9-13)22-8-7-19-12(22)2/h5-9,14,23H,3-4,10-11H2,1-2H3,(H2,20,21,24). The van der Waals surface area contributed by atoms with Gasteiger partial charge in [0.2, 0.25) is 0 Å². The van der Waals surface area contributed by atoms with Gasteiger partial charge in [-0.1, -0.05) is 19.4 Å². The fraction of sp³-hybridized carbons (Fsp3) is 0.412. The van der Waals surface area contributed by atoms with Crippen molar-refractivity contribution in [3.63, 3.8) is 0 Å². The summed E-state index contributed by atoms with van der Waals surface area (Å²) >= 11 is 0. The molecule has 24 heavy (non-hydrogen) atoms. The van der Waals surface area contributed by atoms with Gasteiger partial charge in [0.15, 0.2) is 0 Å². The zero-order valence-corrected chi connectivity index (χ0v) is 13.9. The highest BCUT2D eigenvalue weighted by Gasteiger charge is 2.09. The molecule has 2 aromatic rings. The highest BCUT2D eigenvalue weighted by Crippen LogP contribution is 2.16. The molecule has 1 heterocycles. The number of carbonyl (C=O) groups is 1. The van der Waals surface area contributed by atoms with Gasteiger partial charge in [0.05, 0.1) is 11.8 Å². The van der Waals surface area contributed by atoms with E-state index in [-0.39, 0.29) is 24.9 Å². The number of rotatable bonds is 7. The third-order valence-electron chi connectivity index (χ3n) is 3.67. The normalized spacial score (nSPS) is 12.0. The van der Waals surface area contributed by atoms with Crippen molar-refractivity contribution in [1.29, 1.82) is 0 Å². The molecule has 0 fully saturated rings. The van der Waals surface area contributed by atoms with Crippen molar-refractivity contribution in [2.24, 2.45) is 0 Å². The Labute approximate surface area is 140 Å². The summed E-state index contributed by atoms with van der Waals surface area (Å²) in [4.78, 5) is 15.7. The molecule has 0 aliphatic carbocycles. The number of benzene rings is 1. The summed E-state index contributed by atoms with van der Waals surface area (Å²) in [6, 6.07) is 4.41. The van der Waals surface area contributed by atoms with E-state index in [2.05, 4.69) is 15.6 Å². The molecule has 3 N–H and O–H groups in total. The van der Waals surface area contributed by atoms with E-state index in [0.717, 1.165) is 6.42 Å². The van der Waals surface area contributed by atoms with Crippen molar-refractivity contribution in [2.45, 2.75) is 39.3 Å². The molecule has 0 bridgehead atoms. The summed E-state index contributed by atoms with van der Waals surface area (Å²) in [5.74, 6) is 0.318. The Bertz CT molecular complexity index is 687. The molecule has 1 unspecified atom stereocenters. The van der Waals surface area contributed by atoms with Crippen molar-refractivity contribution in [3.05, 3.63) is 47.8 Å². The number of aliphatic hydroxyl groups excluding tert-OH is 1. The molecule has 1 aromatic heterocycles. The predicted molar refractivity (Wildman–Crippen MR) is 89.4 cm³/mol. The predicted octanol–water partition coefficient (Wildman–Crippen LogP) is 2.28. The molecule has 2 amide bonds. The quantitative estimate of drug-likeness (QED) is 0.727. The Morgan fingerprint density at radius 2 is 2.21 bits per heavy atom. The zero-order valence-electron chi connectivity index (χ0n) is 13.9. The van der Waals surface area contributed by atoms with Crippen LogP contribution in [0.3, 0.4) is 0 Å². The molecular formula is C17H23FN4O2. The fourth-order valence-electron chi connectivity index (χ4n) is 2.38. The van der Waals surface area contributed by atoms with Gasteiger partial charge in [-0.25, -0.2) is 14.2 Å². The number of hydrogen-bond acceptors (Lipinski definition) is 3. The maximum absolute atomic E-state index is 14.2. The SMILES string of the molecule is CCCC(O)CNC(=O)NCc1ccc(-n2ccnc2C)c(F)c1. The van der Waals surface area contributed by atoms with Gasteiger partial charge in [-0.3, -0.25) is 0 Å². The van der Waals surface area contributed by atoms with Crippen molar-refractivity contribution in [1.82, 2.24) is 20.2 Å². The van der Waals surface area contributed by atoms with Gasteiger partial charge in [0.1, 0.15) is 11.6 Å².